The number of carbonyl (C=O) groups is 1. The molecule has 4 heteroatoms. The second-order valence-corrected chi connectivity index (χ2v) is 5.83. The average molecular weight is 276 g/mol. The minimum Gasteiger partial charge on any atom is -0.335 e. The fourth-order valence-corrected chi connectivity index (χ4v) is 3.37. The second-order valence-electron chi connectivity index (χ2n) is 5.83. The van der Waals surface area contributed by atoms with Crippen LogP contribution in [0.4, 0.5) is 9.18 Å². The topological polar surface area (TPSA) is 32.3 Å². The number of nitrogens with zero attached hydrogens (tertiary/aromatic N) is 1. The van der Waals surface area contributed by atoms with E-state index in [4.69, 9.17) is 0 Å². The van der Waals surface area contributed by atoms with E-state index in [2.05, 4.69) is 5.32 Å². The molecule has 1 aromatic rings. The molecule has 2 fully saturated rings. The largest absolute Gasteiger partial charge is 0.335 e. The van der Waals surface area contributed by atoms with Crippen LogP contribution in [0.1, 0.15) is 50.1 Å². The Morgan fingerprint density at radius 3 is 2.50 bits per heavy atom. The summed E-state index contributed by atoms with van der Waals surface area (Å²) in [5.74, 6) is -0.228. The van der Waals surface area contributed by atoms with Gasteiger partial charge in [-0.3, -0.25) is 0 Å². The number of rotatable bonds is 2. The number of carbonyl (C=O) groups excluding carboxylic acids is 1. The molecule has 0 aromatic heterocycles. The number of halogens is 1. The van der Waals surface area contributed by atoms with E-state index >= 15 is 0 Å². The SMILES string of the molecule is O=C(NC1CCCC1)N1CCCC1c1ccc(F)cc1. The lowest BCUT2D eigenvalue weighted by molar-refractivity contribution is 0.189. The van der Waals surface area contributed by atoms with Crippen LogP contribution in [-0.2, 0) is 0 Å². The van der Waals surface area contributed by atoms with Crippen LogP contribution in [-0.4, -0.2) is 23.5 Å². The normalized spacial score (nSPS) is 23.2. The number of benzene rings is 1. The third kappa shape index (κ3) is 2.79. The van der Waals surface area contributed by atoms with E-state index in [0.717, 1.165) is 37.8 Å². The number of hydrogen-bond donors (Lipinski definition) is 1. The Bertz CT molecular complexity index is 468. The van der Waals surface area contributed by atoms with Gasteiger partial charge in [0.1, 0.15) is 5.82 Å². The third-order valence-electron chi connectivity index (χ3n) is 4.45. The van der Waals surface area contributed by atoms with E-state index in [9.17, 15) is 9.18 Å². The summed E-state index contributed by atoms with van der Waals surface area (Å²) in [7, 11) is 0. The highest BCUT2D eigenvalue weighted by molar-refractivity contribution is 5.75. The predicted molar refractivity (Wildman–Crippen MR) is 75.9 cm³/mol. The van der Waals surface area contributed by atoms with E-state index in [1.54, 1.807) is 12.1 Å². The highest BCUT2D eigenvalue weighted by Crippen LogP contribution is 2.32. The zero-order valence-corrected chi connectivity index (χ0v) is 11.6. The molecule has 2 amide bonds. The average Bonchev–Trinajstić information content (AvgIpc) is 3.10. The Hall–Kier alpha value is -1.58. The van der Waals surface area contributed by atoms with Crippen molar-refractivity contribution in [2.75, 3.05) is 6.54 Å². The monoisotopic (exact) mass is 276 g/mol. The molecule has 108 valence electrons. The maximum atomic E-state index is 13.0. The van der Waals surface area contributed by atoms with Gasteiger partial charge in [-0.25, -0.2) is 9.18 Å². The quantitative estimate of drug-likeness (QED) is 0.879. The Balaban J connectivity index is 1.68. The van der Waals surface area contributed by atoms with Gasteiger partial charge in [0.05, 0.1) is 6.04 Å². The van der Waals surface area contributed by atoms with Crippen LogP contribution < -0.4 is 5.32 Å². The molecule has 1 aliphatic heterocycles. The van der Waals surface area contributed by atoms with Crippen molar-refractivity contribution in [2.45, 2.75) is 50.6 Å². The van der Waals surface area contributed by atoms with Gasteiger partial charge < -0.3 is 10.2 Å². The van der Waals surface area contributed by atoms with Crippen LogP contribution in [0.2, 0.25) is 0 Å². The van der Waals surface area contributed by atoms with Crippen LogP contribution >= 0.6 is 0 Å². The number of likely N-dealkylation sites (tertiary alicyclic amines) is 1. The summed E-state index contributed by atoms with van der Waals surface area (Å²) in [6.07, 6.45) is 6.60. The molecule has 1 N–H and O–H groups in total. The number of hydrogen-bond acceptors (Lipinski definition) is 1. The molecule has 3 nitrogen and oxygen atoms in total. The van der Waals surface area contributed by atoms with Gasteiger partial charge in [-0.2, -0.15) is 0 Å². The first-order valence-electron chi connectivity index (χ1n) is 7.56. The molecule has 1 saturated heterocycles. The van der Waals surface area contributed by atoms with Crippen molar-refractivity contribution in [1.82, 2.24) is 10.2 Å². The van der Waals surface area contributed by atoms with Crippen molar-refractivity contribution in [3.05, 3.63) is 35.6 Å². The van der Waals surface area contributed by atoms with Crippen molar-refractivity contribution >= 4 is 6.03 Å². The zero-order chi connectivity index (χ0) is 13.9. The lowest BCUT2D eigenvalue weighted by atomic mass is 10.0. The fraction of sp³-hybridized carbons (Fsp3) is 0.562. The number of amides is 2. The van der Waals surface area contributed by atoms with Gasteiger partial charge in [-0.15, -0.1) is 0 Å². The zero-order valence-electron chi connectivity index (χ0n) is 11.6. The van der Waals surface area contributed by atoms with Gasteiger partial charge in [0.25, 0.3) is 0 Å². The molecule has 1 aromatic carbocycles. The van der Waals surface area contributed by atoms with Gasteiger partial charge in [-0.1, -0.05) is 25.0 Å². The van der Waals surface area contributed by atoms with Gasteiger partial charge in [0, 0.05) is 12.6 Å². The lowest BCUT2D eigenvalue weighted by Crippen LogP contribution is -2.43. The summed E-state index contributed by atoms with van der Waals surface area (Å²) in [6, 6.07) is 7.02. The van der Waals surface area contributed by atoms with Gasteiger partial charge in [-0.05, 0) is 43.4 Å². The summed E-state index contributed by atoms with van der Waals surface area (Å²) in [5.41, 5.74) is 1.03. The van der Waals surface area contributed by atoms with E-state index in [1.807, 2.05) is 4.90 Å². The minimum absolute atomic E-state index is 0.0451. The number of urea groups is 1. The van der Waals surface area contributed by atoms with Crippen LogP contribution in [0.15, 0.2) is 24.3 Å². The Morgan fingerprint density at radius 1 is 1.10 bits per heavy atom. The first-order chi connectivity index (χ1) is 9.74. The molecule has 1 aliphatic carbocycles. The molecular formula is C16H21FN2O. The lowest BCUT2D eigenvalue weighted by Gasteiger charge is -2.27. The van der Waals surface area contributed by atoms with Gasteiger partial charge in [0.15, 0.2) is 0 Å². The molecule has 1 unspecified atom stereocenters. The molecule has 0 bridgehead atoms. The van der Waals surface area contributed by atoms with E-state index in [1.165, 1.54) is 25.0 Å². The molecule has 1 saturated carbocycles. The van der Waals surface area contributed by atoms with Crippen LogP contribution in [0.3, 0.4) is 0 Å². The summed E-state index contributed by atoms with van der Waals surface area (Å²) < 4.78 is 13.0. The Kier molecular flexibility index (Phi) is 3.90. The smallest absolute Gasteiger partial charge is 0.318 e. The molecule has 0 radical (unpaired) electrons. The standard InChI is InChI=1S/C16H21FN2O/c17-13-9-7-12(8-10-13)15-6-3-11-19(15)16(20)18-14-4-1-2-5-14/h7-10,14-15H,1-6,11H2,(H,18,20). The maximum Gasteiger partial charge on any atom is 0.318 e. The fourth-order valence-electron chi connectivity index (χ4n) is 3.37. The van der Waals surface area contributed by atoms with Crippen molar-refractivity contribution < 1.29 is 9.18 Å². The van der Waals surface area contributed by atoms with E-state index < -0.39 is 0 Å². The molecule has 20 heavy (non-hydrogen) atoms. The highest BCUT2D eigenvalue weighted by Gasteiger charge is 2.31. The Morgan fingerprint density at radius 2 is 1.80 bits per heavy atom. The van der Waals surface area contributed by atoms with Crippen LogP contribution in [0, 0.1) is 5.82 Å². The molecule has 0 spiro atoms. The summed E-state index contributed by atoms with van der Waals surface area (Å²) in [6.45, 7) is 0.792. The van der Waals surface area contributed by atoms with Crippen molar-refractivity contribution in [3.8, 4) is 0 Å². The molecular weight excluding hydrogens is 255 g/mol. The first kappa shape index (κ1) is 13.4. The second kappa shape index (κ2) is 5.81. The van der Waals surface area contributed by atoms with E-state index in [-0.39, 0.29) is 17.9 Å². The first-order valence-corrected chi connectivity index (χ1v) is 7.56. The molecule has 1 heterocycles. The summed E-state index contributed by atoms with van der Waals surface area (Å²) in [4.78, 5) is 14.3. The van der Waals surface area contributed by atoms with Gasteiger partial charge >= 0.3 is 6.03 Å². The van der Waals surface area contributed by atoms with Crippen molar-refractivity contribution in [1.29, 1.82) is 0 Å². The molecule has 2 aliphatic rings. The number of nitrogens with one attached hydrogen (secondary N) is 1. The predicted octanol–water partition coefficient (Wildman–Crippen LogP) is 3.61. The van der Waals surface area contributed by atoms with Crippen LogP contribution in [0.5, 0.6) is 0 Å². The molecule has 1 atom stereocenters. The van der Waals surface area contributed by atoms with Crippen molar-refractivity contribution in [3.63, 3.8) is 0 Å². The maximum absolute atomic E-state index is 13.0. The van der Waals surface area contributed by atoms with Crippen molar-refractivity contribution in [2.24, 2.45) is 0 Å². The molecule has 3 rings (SSSR count). The summed E-state index contributed by atoms with van der Waals surface area (Å²) in [5, 5.41) is 3.14. The summed E-state index contributed by atoms with van der Waals surface area (Å²) >= 11 is 0. The third-order valence-corrected chi connectivity index (χ3v) is 4.45. The minimum atomic E-state index is -0.228. The van der Waals surface area contributed by atoms with E-state index in [0.29, 0.717) is 6.04 Å². The van der Waals surface area contributed by atoms with Crippen LogP contribution in [0.25, 0.3) is 0 Å². The highest BCUT2D eigenvalue weighted by atomic mass is 19.1. The van der Waals surface area contributed by atoms with Gasteiger partial charge in [0.2, 0.25) is 0 Å². The Labute approximate surface area is 119 Å².